The van der Waals surface area contributed by atoms with Gasteiger partial charge in [0.2, 0.25) is 5.91 Å². The molecule has 0 aromatic heterocycles. The van der Waals surface area contributed by atoms with Crippen molar-refractivity contribution >= 4 is 17.3 Å². The average molecular weight is 340 g/mol. The maximum absolute atomic E-state index is 12.4. The van der Waals surface area contributed by atoms with Crippen molar-refractivity contribution in [1.29, 1.82) is 0 Å². The highest BCUT2D eigenvalue weighted by molar-refractivity contribution is 5.95. The molecule has 0 bridgehead atoms. The van der Waals surface area contributed by atoms with Gasteiger partial charge in [-0.2, -0.15) is 0 Å². The van der Waals surface area contributed by atoms with Gasteiger partial charge in [-0.1, -0.05) is 30.3 Å². The van der Waals surface area contributed by atoms with Gasteiger partial charge in [0, 0.05) is 19.3 Å². The van der Waals surface area contributed by atoms with Gasteiger partial charge in [0.25, 0.3) is 0 Å². The third-order valence-electron chi connectivity index (χ3n) is 4.28. The Balaban J connectivity index is 1.56. The lowest BCUT2D eigenvalue weighted by Crippen LogP contribution is -2.32. The molecule has 2 aromatic carbocycles. The number of hydrogen-bond donors (Lipinski definition) is 1. The monoisotopic (exact) mass is 340 g/mol. The van der Waals surface area contributed by atoms with Gasteiger partial charge in [0.15, 0.2) is 0 Å². The Morgan fingerprint density at radius 3 is 2.72 bits per heavy atom. The topological polar surface area (TPSA) is 50.8 Å². The number of carbonyl (C=O) groups excluding carboxylic acids is 1. The van der Waals surface area contributed by atoms with E-state index in [9.17, 15) is 4.79 Å². The molecule has 5 nitrogen and oxygen atoms in total. The standard InChI is InChI=1S/C20H24N2O3/c1-22(16-8-3-2-4-9-16)20(23)14-21-18-11-5-6-12-19(18)25-15-17-10-7-13-24-17/h2-6,8-9,11-12,17,21H,7,10,13-15H2,1H3. The first-order valence-electron chi connectivity index (χ1n) is 8.63. The number of nitrogens with zero attached hydrogens (tertiary/aromatic N) is 1. The minimum atomic E-state index is -0.0138. The Hall–Kier alpha value is -2.53. The summed E-state index contributed by atoms with van der Waals surface area (Å²) in [6, 6.07) is 17.3. The van der Waals surface area contributed by atoms with E-state index in [1.165, 1.54) is 0 Å². The molecule has 1 aliphatic heterocycles. The summed E-state index contributed by atoms with van der Waals surface area (Å²) >= 11 is 0. The van der Waals surface area contributed by atoms with E-state index in [-0.39, 0.29) is 18.6 Å². The largest absolute Gasteiger partial charge is 0.489 e. The Morgan fingerprint density at radius 1 is 1.20 bits per heavy atom. The van der Waals surface area contributed by atoms with Crippen molar-refractivity contribution in [1.82, 2.24) is 0 Å². The number of rotatable bonds is 7. The number of ether oxygens (including phenoxy) is 2. The van der Waals surface area contributed by atoms with E-state index in [0.717, 1.165) is 36.6 Å². The zero-order chi connectivity index (χ0) is 17.5. The summed E-state index contributed by atoms with van der Waals surface area (Å²) in [6.45, 7) is 1.55. The normalized spacial score (nSPS) is 16.4. The van der Waals surface area contributed by atoms with Crippen molar-refractivity contribution in [2.24, 2.45) is 0 Å². The number of amides is 1. The number of para-hydroxylation sites is 3. The second-order valence-corrected chi connectivity index (χ2v) is 6.08. The van der Waals surface area contributed by atoms with Crippen molar-refractivity contribution in [3.8, 4) is 5.75 Å². The van der Waals surface area contributed by atoms with Crippen LogP contribution in [0.3, 0.4) is 0 Å². The molecule has 0 radical (unpaired) electrons. The fourth-order valence-corrected chi connectivity index (χ4v) is 2.78. The molecule has 1 aliphatic rings. The summed E-state index contributed by atoms with van der Waals surface area (Å²) in [5.41, 5.74) is 1.69. The molecule has 5 heteroatoms. The average Bonchev–Trinajstić information content (AvgIpc) is 3.18. The highest BCUT2D eigenvalue weighted by Gasteiger charge is 2.17. The van der Waals surface area contributed by atoms with Crippen LogP contribution in [0.5, 0.6) is 5.75 Å². The summed E-state index contributed by atoms with van der Waals surface area (Å²) in [6.07, 6.45) is 2.29. The molecule has 3 rings (SSSR count). The molecule has 1 unspecified atom stereocenters. The van der Waals surface area contributed by atoms with E-state index < -0.39 is 0 Å². The van der Waals surface area contributed by atoms with Gasteiger partial charge in [-0.15, -0.1) is 0 Å². The van der Waals surface area contributed by atoms with Crippen molar-refractivity contribution in [2.75, 3.05) is 37.0 Å². The molecule has 1 fully saturated rings. The van der Waals surface area contributed by atoms with Gasteiger partial charge >= 0.3 is 0 Å². The minimum Gasteiger partial charge on any atom is -0.489 e. The van der Waals surface area contributed by atoms with Crippen LogP contribution in [0, 0.1) is 0 Å². The molecule has 1 atom stereocenters. The van der Waals surface area contributed by atoms with E-state index in [2.05, 4.69) is 5.32 Å². The van der Waals surface area contributed by atoms with Crippen LogP contribution in [0.2, 0.25) is 0 Å². The third-order valence-corrected chi connectivity index (χ3v) is 4.28. The fraction of sp³-hybridized carbons (Fsp3) is 0.350. The Bertz CT molecular complexity index is 684. The highest BCUT2D eigenvalue weighted by Crippen LogP contribution is 2.25. The van der Waals surface area contributed by atoms with E-state index >= 15 is 0 Å². The van der Waals surface area contributed by atoms with Gasteiger partial charge in [0.05, 0.1) is 18.3 Å². The van der Waals surface area contributed by atoms with Gasteiger partial charge < -0.3 is 19.7 Å². The lowest BCUT2D eigenvalue weighted by atomic mass is 10.2. The molecular formula is C20H24N2O3. The maximum atomic E-state index is 12.4. The molecule has 1 saturated heterocycles. The second-order valence-electron chi connectivity index (χ2n) is 6.08. The Morgan fingerprint density at radius 2 is 1.96 bits per heavy atom. The van der Waals surface area contributed by atoms with Gasteiger partial charge in [-0.25, -0.2) is 0 Å². The van der Waals surface area contributed by atoms with Crippen LogP contribution < -0.4 is 15.0 Å². The van der Waals surface area contributed by atoms with Crippen LogP contribution in [0.15, 0.2) is 54.6 Å². The first-order valence-corrected chi connectivity index (χ1v) is 8.63. The number of anilines is 2. The molecule has 1 amide bonds. The number of nitrogens with one attached hydrogen (secondary N) is 1. The lowest BCUT2D eigenvalue weighted by Gasteiger charge is -2.19. The fourth-order valence-electron chi connectivity index (χ4n) is 2.78. The SMILES string of the molecule is CN(C(=O)CNc1ccccc1OCC1CCCO1)c1ccccc1. The van der Waals surface area contributed by atoms with Crippen LogP contribution in [0.1, 0.15) is 12.8 Å². The smallest absolute Gasteiger partial charge is 0.246 e. The molecule has 0 saturated carbocycles. The van der Waals surface area contributed by atoms with E-state index in [1.807, 2.05) is 54.6 Å². The quantitative estimate of drug-likeness (QED) is 0.840. The number of hydrogen-bond acceptors (Lipinski definition) is 4. The van der Waals surface area contributed by atoms with Crippen LogP contribution in [0.25, 0.3) is 0 Å². The number of likely N-dealkylation sites (N-methyl/N-ethyl adjacent to an activating group) is 1. The molecule has 132 valence electrons. The van der Waals surface area contributed by atoms with Crippen LogP contribution in [-0.2, 0) is 9.53 Å². The summed E-state index contributed by atoms with van der Waals surface area (Å²) in [4.78, 5) is 14.0. The predicted molar refractivity (Wildman–Crippen MR) is 99.3 cm³/mol. The first kappa shape index (κ1) is 17.3. The second kappa shape index (κ2) is 8.53. The van der Waals surface area contributed by atoms with Crippen molar-refractivity contribution in [3.63, 3.8) is 0 Å². The van der Waals surface area contributed by atoms with E-state index in [0.29, 0.717) is 6.61 Å². The molecule has 1 heterocycles. The molecular weight excluding hydrogens is 316 g/mol. The van der Waals surface area contributed by atoms with Gasteiger partial charge in [0.1, 0.15) is 12.4 Å². The van der Waals surface area contributed by atoms with Crippen LogP contribution >= 0.6 is 0 Å². The zero-order valence-corrected chi connectivity index (χ0v) is 14.5. The zero-order valence-electron chi connectivity index (χ0n) is 14.5. The van der Waals surface area contributed by atoms with E-state index in [4.69, 9.17) is 9.47 Å². The van der Waals surface area contributed by atoms with Crippen molar-refractivity contribution in [3.05, 3.63) is 54.6 Å². The van der Waals surface area contributed by atoms with Crippen molar-refractivity contribution < 1.29 is 14.3 Å². The summed E-state index contributed by atoms with van der Waals surface area (Å²) in [5.74, 6) is 0.730. The molecule has 1 N–H and O–H groups in total. The van der Waals surface area contributed by atoms with Crippen LogP contribution in [0.4, 0.5) is 11.4 Å². The van der Waals surface area contributed by atoms with Gasteiger partial charge in [-0.3, -0.25) is 4.79 Å². The molecule has 0 spiro atoms. The highest BCUT2D eigenvalue weighted by atomic mass is 16.5. The molecule has 0 aliphatic carbocycles. The summed E-state index contributed by atoms with van der Waals surface area (Å²) in [5, 5.41) is 3.18. The third kappa shape index (κ3) is 4.73. The predicted octanol–water partition coefficient (Wildman–Crippen LogP) is 3.32. The first-order chi connectivity index (χ1) is 12.2. The summed E-state index contributed by atoms with van der Waals surface area (Å²) in [7, 11) is 1.78. The maximum Gasteiger partial charge on any atom is 0.246 e. The van der Waals surface area contributed by atoms with Crippen LogP contribution in [-0.4, -0.2) is 38.8 Å². The van der Waals surface area contributed by atoms with E-state index in [1.54, 1.807) is 11.9 Å². The number of benzene rings is 2. The molecule has 25 heavy (non-hydrogen) atoms. The lowest BCUT2D eigenvalue weighted by molar-refractivity contribution is -0.116. The molecule has 2 aromatic rings. The minimum absolute atomic E-state index is 0.0138. The Labute approximate surface area is 148 Å². The Kier molecular flexibility index (Phi) is 5.90. The van der Waals surface area contributed by atoms with Crippen molar-refractivity contribution in [2.45, 2.75) is 18.9 Å². The number of carbonyl (C=O) groups is 1. The van der Waals surface area contributed by atoms with Gasteiger partial charge in [-0.05, 0) is 37.1 Å². The summed E-state index contributed by atoms with van der Waals surface area (Å²) < 4.78 is 11.5.